The number of tetrazole rings is 1. The smallest absolute Gasteiger partial charge is 0.230 e. The Labute approximate surface area is 111 Å². The van der Waals surface area contributed by atoms with Crippen LogP contribution < -0.4 is 5.32 Å². The highest BCUT2D eigenvalue weighted by atomic mass is 32.2. The van der Waals surface area contributed by atoms with Crippen LogP contribution in [0.1, 0.15) is 45.6 Å². The summed E-state index contributed by atoms with van der Waals surface area (Å²) in [7, 11) is 0. The molecule has 1 unspecified atom stereocenters. The Morgan fingerprint density at radius 1 is 1.61 bits per heavy atom. The molecule has 2 rings (SSSR count). The van der Waals surface area contributed by atoms with Gasteiger partial charge in [0.1, 0.15) is 0 Å². The number of amides is 1. The van der Waals surface area contributed by atoms with Crippen LogP contribution in [0.25, 0.3) is 0 Å². The van der Waals surface area contributed by atoms with Crippen LogP contribution in [0.15, 0.2) is 5.16 Å². The third-order valence-electron chi connectivity index (χ3n) is 2.82. The minimum atomic E-state index is 0.0475. The summed E-state index contributed by atoms with van der Waals surface area (Å²) in [6.07, 6.45) is 4.36. The van der Waals surface area contributed by atoms with Crippen LogP contribution in [0.2, 0.25) is 0 Å². The molecule has 0 radical (unpaired) electrons. The molecule has 7 heteroatoms. The normalized spacial score (nSPS) is 16.6. The number of aromatic nitrogens is 4. The Hall–Kier alpha value is -1.11. The molecular weight excluding hydrogens is 250 g/mol. The van der Waals surface area contributed by atoms with Crippen LogP contribution in [0, 0.1) is 0 Å². The first-order valence-corrected chi connectivity index (χ1v) is 7.39. The van der Waals surface area contributed by atoms with E-state index in [4.69, 9.17) is 0 Å². The molecule has 0 saturated heterocycles. The van der Waals surface area contributed by atoms with Crippen molar-refractivity contribution in [1.82, 2.24) is 25.5 Å². The van der Waals surface area contributed by atoms with Gasteiger partial charge in [-0.05, 0) is 36.6 Å². The first kappa shape index (κ1) is 13.3. The number of hydrogen-bond acceptors (Lipinski definition) is 5. The summed E-state index contributed by atoms with van der Waals surface area (Å²) in [6, 6.07) is 0.687. The van der Waals surface area contributed by atoms with Crippen molar-refractivity contribution in [3.05, 3.63) is 0 Å². The van der Waals surface area contributed by atoms with Gasteiger partial charge in [-0.3, -0.25) is 4.79 Å². The molecule has 1 N–H and O–H groups in total. The van der Waals surface area contributed by atoms with Crippen molar-refractivity contribution < 1.29 is 4.79 Å². The molecule has 1 aliphatic rings. The van der Waals surface area contributed by atoms with Crippen molar-refractivity contribution in [2.24, 2.45) is 0 Å². The van der Waals surface area contributed by atoms with Crippen LogP contribution in [-0.2, 0) is 4.79 Å². The number of nitrogens with one attached hydrogen (secondary N) is 1. The van der Waals surface area contributed by atoms with Crippen molar-refractivity contribution in [2.45, 2.75) is 56.8 Å². The van der Waals surface area contributed by atoms with E-state index in [2.05, 4.69) is 27.8 Å². The highest BCUT2D eigenvalue weighted by Crippen LogP contribution is 2.36. The number of carbonyl (C=O) groups excluding carboxylic acids is 1. The third kappa shape index (κ3) is 3.69. The predicted octanol–water partition coefficient (Wildman–Crippen LogP) is 1.40. The van der Waals surface area contributed by atoms with Gasteiger partial charge in [0.05, 0.1) is 11.8 Å². The summed E-state index contributed by atoms with van der Waals surface area (Å²) in [5, 5.41) is 15.3. The Balaban J connectivity index is 1.76. The van der Waals surface area contributed by atoms with E-state index in [0.29, 0.717) is 11.8 Å². The fourth-order valence-electron chi connectivity index (χ4n) is 1.78. The lowest BCUT2D eigenvalue weighted by atomic mass is 10.2. The molecule has 1 atom stereocenters. The van der Waals surface area contributed by atoms with Gasteiger partial charge < -0.3 is 5.32 Å². The summed E-state index contributed by atoms with van der Waals surface area (Å²) in [5.41, 5.74) is 0. The zero-order chi connectivity index (χ0) is 13.0. The fourth-order valence-corrected chi connectivity index (χ4v) is 2.54. The first-order chi connectivity index (χ1) is 8.70. The SMILES string of the molecule is CCCC(C)NC(=O)CSc1nnnn1C1CC1. The molecule has 1 saturated carbocycles. The number of hydrogen-bond donors (Lipinski definition) is 1. The first-order valence-electron chi connectivity index (χ1n) is 6.40. The van der Waals surface area contributed by atoms with Gasteiger partial charge in [0.2, 0.25) is 11.1 Å². The van der Waals surface area contributed by atoms with E-state index in [9.17, 15) is 4.79 Å². The molecule has 18 heavy (non-hydrogen) atoms. The van der Waals surface area contributed by atoms with Gasteiger partial charge in [-0.15, -0.1) is 5.10 Å². The third-order valence-corrected chi connectivity index (χ3v) is 3.75. The quantitative estimate of drug-likeness (QED) is 0.758. The average molecular weight is 269 g/mol. The number of rotatable bonds is 7. The number of carbonyl (C=O) groups is 1. The largest absolute Gasteiger partial charge is 0.353 e. The maximum absolute atomic E-state index is 11.7. The zero-order valence-corrected chi connectivity index (χ0v) is 11.6. The lowest BCUT2D eigenvalue weighted by Crippen LogP contribution is -2.33. The summed E-state index contributed by atoms with van der Waals surface area (Å²) in [5.74, 6) is 0.424. The molecule has 1 amide bonds. The van der Waals surface area contributed by atoms with Crippen LogP contribution >= 0.6 is 11.8 Å². The van der Waals surface area contributed by atoms with Crippen LogP contribution in [0.3, 0.4) is 0 Å². The van der Waals surface area contributed by atoms with Crippen molar-refractivity contribution in [2.75, 3.05) is 5.75 Å². The molecule has 0 spiro atoms. The van der Waals surface area contributed by atoms with Crippen molar-refractivity contribution >= 4 is 17.7 Å². The van der Waals surface area contributed by atoms with E-state index in [-0.39, 0.29) is 11.9 Å². The van der Waals surface area contributed by atoms with Crippen molar-refractivity contribution in [3.63, 3.8) is 0 Å². The van der Waals surface area contributed by atoms with Gasteiger partial charge >= 0.3 is 0 Å². The lowest BCUT2D eigenvalue weighted by Gasteiger charge is -2.12. The second kappa shape index (κ2) is 6.17. The molecule has 6 nitrogen and oxygen atoms in total. The molecule has 0 aromatic carbocycles. The van der Waals surface area contributed by atoms with E-state index in [1.807, 2.05) is 11.6 Å². The minimum Gasteiger partial charge on any atom is -0.353 e. The van der Waals surface area contributed by atoms with Gasteiger partial charge in [-0.25, -0.2) is 4.68 Å². The van der Waals surface area contributed by atoms with Gasteiger partial charge in [-0.1, -0.05) is 25.1 Å². The second-order valence-electron chi connectivity index (χ2n) is 4.68. The van der Waals surface area contributed by atoms with Gasteiger partial charge in [0, 0.05) is 6.04 Å². The lowest BCUT2D eigenvalue weighted by molar-refractivity contribution is -0.119. The van der Waals surface area contributed by atoms with Gasteiger partial charge in [0.15, 0.2) is 0 Å². The Morgan fingerprint density at radius 3 is 3.06 bits per heavy atom. The van der Waals surface area contributed by atoms with E-state index in [0.717, 1.165) is 30.8 Å². The Morgan fingerprint density at radius 2 is 2.39 bits per heavy atom. The summed E-state index contributed by atoms with van der Waals surface area (Å²) in [4.78, 5) is 11.7. The van der Waals surface area contributed by atoms with Crippen LogP contribution in [0.5, 0.6) is 0 Å². The molecule has 0 bridgehead atoms. The highest BCUT2D eigenvalue weighted by molar-refractivity contribution is 7.99. The van der Waals surface area contributed by atoms with E-state index < -0.39 is 0 Å². The van der Waals surface area contributed by atoms with Gasteiger partial charge in [0.25, 0.3) is 0 Å². The summed E-state index contributed by atoms with van der Waals surface area (Å²) < 4.78 is 1.83. The molecule has 1 aromatic rings. The topological polar surface area (TPSA) is 72.7 Å². The van der Waals surface area contributed by atoms with Gasteiger partial charge in [-0.2, -0.15) is 0 Å². The van der Waals surface area contributed by atoms with Crippen LogP contribution in [0.4, 0.5) is 0 Å². The van der Waals surface area contributed by atoms with E-state index >= 15 is 0 Å². The Bertz CT molecular complexity index is 404. The molecule has 1 fully saturated rings. The molecule has 0 aliphatic heterocycles. The summed E-state index contributed by atoms with van der Waals surface area (Å²) in [6.45, 7) is 4.14. The molecule has 1 heterocycles. The fraction of sp³-hybridized carbons (Fsp3) is 0.818. The van der Waals surface area contributed by atoms with E-state index in [1.165, 1.54) is 11.8 Å². The second-order valence-corrected chi connectivity index (χ2v) is 5.63. The minimum absolute atomic E-state index is 0.0475. The zero-order valence-electron chi connectivity index (χ0n) is 10.8. The molecule has 100 valence electrons. The number of nitrogens with zero attached hydrogens (tertiary/aromatic N) is 4. The Kier molecular flexibility index (Phi) is 4.57. The maximum atomic E-state index is 11.7. The average Bonchev–Trinajstić information content (AvgIpc) is 3.06. The predicted molar refractivity (Wildman–Crippen MR) is 69.3 cm³/mol. The van der Waals surface area contributed by atoms with Crippen molar-refractivity contribution in [1.29, 1.82) is 0 Å². The maximum Gasteiger partial charge on any atom is 0.230 e. The van der Waals surface area contributed by atoms with E-state index in [1.54, 1.807) is 0 Å². The molecule has 1 aliphatic carbocycles. The molecule has 1 aromatic heterocycles. The molecular formula is C11H19N5OS. The summed E-state index contributed by atoms with van der Waals surface area (Å²) >= 11 is 1.41. The standard InChI is InChI=1S/C11H19N5OS/c1-3-4-8(2)12-10(17)7-18-11-13-14-15-16(11)9-5-6-9/h8-9H,3-7H2,1-2H3,(H,12,17). The number of thioether (sulfide) groups is 1. The monoisotopic (exact) mass is 269 g/mol. The highest BCUT2D eigenvalue weighted by Gasteiger charge is 2.28. The van der Waals surface area contributed by atoms with Crippen molar-refractivity contribution in [3.8, 4) is 0 Å². The van der Waals surface area contributed by atoms with Crippen LogP contribution in [-0.4, -0.2) is 37.9 Å².